The highest BCUT2D eigenvalue weighted by Gasteiger charge is 2.10. The lowest BCUT2D eigenvalue weighted by Gasteiger charge is -2.10. The van der Waals surface area contributed by atoms with Crippen molar-refractivity contribution in [1.82, 2.24) is 0 Å². The van der Waals surface area contributed by atoms with Crippen LogP contribution in [0.5, 0.6) is 0 Å². The number of hydrogen-bond acceptors (Lipinski definition) is 3. The monoisotopic (exact) mass is 212 g/mol. The van der Waals surface area contributed by atoms with Gasteiger partial charge in [-0.05, 0) is 30.7 Å². The molecular formula is C10H13FN2O2. The molecule has 15 heavy (non-hydrogen) atoms. The molecule has 0 aliphatic rings. The van der Waals surface area contributed by atoms with Crippen molar-refractivity contribution in [3.8, 4) is 0 Å². The van der Waals surface area contributed by atoms with Crippen LogP contribution in [0.4, 0.5) is 10.1 Å². The van der Waals surface area contributed by atoms with Crippen LogP contribution in [0.2, 0.25) is 0 Å². The smallest absolute Gasteiger partial charge is 0.322 e. The van der Waals surface area contributed by atoms with Crippen molar-refractivity contribution in [2.75, 3.05) is 11.9 Å². The number of anilines is 1. The minimum absolute atomic E-state index is 0.0677. The lowest BCUT2D eigenvalue weighted by atomic mass is 10.2. The summed E-state index contributed by atoms with van der Waals surface area (Å²) in [5.41, 5.74) is 6.58. The first-order valence-corrected chi connectivity index (χ1v) is 4.48. The summed E-state index contributed by atoms with van der Waals surface area (Å²) >= 11 is 0. The van der Waals surface area contributed by atoms with E-state index in [1.54, 1.807) is 13.0 Å². The van der Waals surface area contributed by atoms with Crippen LogP contribution in [-0.2, 0) is 4.79 Å². The second-order valence-electron chi connectivity index (χ2n) is 3.34. The van der Waals surface area contributed by atoms with Gasteiger partial charge in [0.1, 0.15) is 11.9 Å². The maximum atomic E-state index is 12.9. The Kier molecular flexibility index (Phi) is 3.62. The molecule has 1 atom stereocenters. The average molecular weight is 212 g/mol. The highest BCUT2D eigenvalue weighted by molar-refractivity contribution is 5.74. The van der Waals surface area contributed by atoms with Crippen LogP contribution in [0.1, 0.15) is 5.56 Å². The molecule has 1 aromatic rings. The van der Waals surface area contributed by atoms with Gasteiger partial charge >= 0.3 is 5.97 Å². The van der Waals surface area contributed by atoms with E-state index in [1.165, 1.54) is 12.1 Å². The zero-order valence-corrected chi connectivity index (χ0v) is 8.33. The quantitative estimate of drug-likeness (QED) is 0.694. The van der Waals surface area contributed by atoms with Crippen LogP contribution >= 0.6 is 0 Å². The number of aliphatic carboxylic acids is 1. The maximum Gasteiger partial charge on any atom is 0.322 e. The summed E-state index contributed by atoms with van der Waals surface area (Å²) in [6, 6.07) is 3.41. The summed E-state index contributed by atoms with van der Waals surface area (Å²) in [7, 11) is 0. The summed E-state index contributed by atoms with van der Waals surface area (Å²) in [5.74, 6) is -1.45. The third kappa shape index (κ3) is 3.55. The van der Waals surface area contributed by atoms with E-state index in [2.05, 4.69) is 5.32 Å². The summed E-state index contributed by atoms with van der Waals surface area (Å²) in [6.45, 7) is 1.82. The van der Waals surface area contributed by atoms with E-state index >= 15 is 0 Å². The molecule has 4 N–H and O–H groups in total. The Labute approximate surface area is 86.9 Å². The molecule has 0 bridgehead atoms. The fourth-order valence-electron chi connectivity index (χ4n) is 1.15. The van der Waals surface area contributed by atoms with Crippen molar-refractivity contribution in [2.45, 2.75) is 13.0 Å². The third-order valence-electron chi connectivity index (χ3n) is 1.89. The number of carboxylic acid groups (broad SMARTS) is 1. The van der Waals surface area contributed by atoms with E-state index in [0.29, 0.717) is 5.69 Å². The van der Waals surface area contributed by atoms with Gasteiger partial charge in [-0.15, -0.1) is 0 Å². The molecule has 0 heterocycles. The summed E-state index contributed by atoms with van der Waals surface area (Å²) in [4.78, 5) is 10.4. The first-order valence-electron chi connectivity index (χ1n) is 4.48. The predicted molar refractivity (Wildman–Crippen MR) is 55.2 cm³/mol. The van der Waals surface area contributed by atoms with Gasteiger partial charge in [-0.2, -0.15) is 0 Å². The molecule has 1 unspecified atom stereocenters. The number of nitrogens with two attached hydrogens (primary N) is 1. The van der Waals surface area contributed by atoms with Crippen molar-refractivity contribution in [1.29, 1.82) is 0 Å². The van der Waals surface area contributed by atoms with Gasteiger partial charge in [0.25, 0.3) is 0 Å². The number of halogens is 1. The van der Waals surface area contributed by atoms with Crippen molar-refractivity contribution < 1.29 is 14.3 Å². The summed E-state index contributed by atoms with van der Waals surface area (Å²) < 4.78 is 12.9. The molecule has 0 aromatic heterocycles. The second kappa shape index (κ2) is 4.75. The Bertz CT molecular complexity index is 348. The highest BCUT2D eigenvalue weighted by atomic mass is 19.1. The zero-order valence-electron chi connectivity index (χ0n) is 8.33. The molecule has 82 valence electrons. The fourth-order valence-corrected chi connectivity index (χ4v) is 1.15. The number of nitrogens with one attached hydrogen (secondary N) is 1. The minimum Gasteiger partial charge on any atom is -0.480 e. The van der Waals surface area contributed by atoms with E-state index in [-0.39, 0.29) is 12.4 Å². The van der Waals surface area contributed by atoms with Gasteiger partial charge in [-0.3, -0.25) is 4.79 Å². The number of aryl methyl sites for hydroxylation is 1. The Morgan fingerprint density at radius 2 is 2.27 bits per heavy atom. The Balaban J connectivity index is 2.61. The molecule has 0 radical (unpaired) electrons. The van der Waals surface area contributed by atoms with E-state index in [9.17, 15) is 9.18 Å². The number of hydrogen-bond donors (Lipinski definition) is 3. The Hall–Kier alpha value is -1.62. The second-order valence-corrected chi connectivity index (χ2v) is 3.34. The van der Waals surface area contributed by atoms with Crippen LogP contribution in [0.25, 0.3) is 0 Å². The third-order valence-corrected chi connectivity index (χ3v) is 1.89. The van der Waals surface area contributed by atoms with Crippen molar-refractivity contribution in [3.63, 3.8) is 0 Å². The zero-order chi connectivity index (χ0) is 11.4. The Morgan fingerprint density at radius 3 is 2.80 bits per heavy atom. The molecule has 1 aromatic carbocycles. The molecule has 0 amide bonds. The SMILES string of the molecule is Cc1cc(F)cc(NCC(N)C(=O)O)c1. The van der Waals surface area contributed by atoms with E-state index in [4.69, 9.17) is 10.8 Å². The van der Waals surface area contributed by atoms with Crippen LogP contribution in [-0.4, -0.2) is 23.7 Å². The first-order chi connectivity index (χ1) is 6.99. The molecule has 0 aliphatic heterocycles. The van der Waals surface area contributed by atoms with Gasteiger partial charge in [-0.25, -0.2) is 4.39 Å². The lowest BCUT2D eigenvalue weighted by molar-refractivity contribution is -0.138. The number of carboxylic acids is 1. The molecule has 4 nitrogen and oxygen atoms in total. The molecule has 0 spiro atoms. The van der Waals surface area contributed by atoms with Gasteiger partial charge in [-0.1, -0.05) is 0 Å². The maximum absolute atomic E-state index is 12.9. The topological polar surface area (TPSA) is 75.3 Å². The Morgan fingerprint density at radius 1 is 1.60 bits per heavy atom. The van der Waals surface area contributed by atoms with Crippen molar-refractivity contribution in [3.05, 3.63) is 29.6 Å². The fraction of sp³-hybridized carbons (Fsp3) is 0.300. The number of rotatable bonds is 4. The average Bonchev–Trinajstić information content (AvgIpc) is 2.12. The van der Waals surface area contributed by atoms with E-state index < -0.39 is 12.0 Å². The van der Waals surface area contributed by atoms with Crippen molar-refractivity contribution in [2.24, 2.45) is 5.73 Å². The molecule has 5 heteroatoms. The minimum atomic E-state index is -1.09. The van der Waals surface area contributed by atoms with Gasteiger partial charge in [0, 0.05) is 12.2 Å². The summed E-state index contributed by atoms with van der Waals surface area (Å²) in [6.07, 6.45) is 0. The molecule has 0 aliphatic carbocycles. The number of carbonyl (C=O) groups is 1. The highest BCUT2D eigenvalue weighted by Crippen LogP contribution is 2.12. The van der Waals surface area contributed by atoms with Gasteiger partial charge in [0.2, 0.25) is 0 Å². The van der Waals surface area contributed by atoms with E-state index in [1.807, 2.05) is 0 Å². The van der Waals surface area contributed by atoms with Crippen molar-refractivity contribution >= 4 is 11.7 Å². The lowest BCUT2D eigenvalue weighted by Crippen LogP contribution is -2.36. The van der Waals surface area contributed by atoms with Gasteiger partial charge < -0.3 is 16.2 Å². The standard InChI is InChI=1S/C10H13FN2O2/c1-6-2-7(11)4-8(3-6)13-5-9(12)10(14)15/h2-4,9,13H,5,12H2,1H3,(H,14,15). The van der Waals surface area contributed by atoms with Crippen LogP contribution in [0.3, 0.4) is 0 Å². The molecular weight excluding hydrogens is 199 g/mol. The van der Waals surface area contributed by atoms with Crippen LogP contribution < -0.4 is 11.1 Å². The number of benzene rings is 1. The predicted octanol–water partition coefficient (Wildman–Crippen LogP) is 0.958. The largest absolute Gasteiger partial charge is 0.480 e. The normalized spacial score (nSPS) is 12.2. The molecule has 1 rings (SSSR count). The first kappa shape index (κ1) is 11.5. The summed E-state index contributed by atoms with van der Waals surface area (Å²) in [5, 5.41) is 11.3. The van der Waals surface area contributed by atoms with Crippen LogP contribution in [0, 0.1) is 12.7 Å². The van der Waals surface area contributed by atoms with Gasteiger partial charge in [0.05, 0.1) is 0 Å². The molecule has 0 saturated carbocycles. The molecule has 0 fully saturated rings. The van der Waals surface area contributed by atoms with Crippen LogP contribution in [0.15, 0.2) is 18.2 Å². The van der Waals surface area contributed by atoms with E-state index in [0.717, 1.165) is 5.56 Å². The van der Waals surface area contributed by atoms with Gasteiger partial charge in [0.15, 0.2) is 0 Å². The molecule has 0 saturated heterocycles.